The molecule has 0 radical (unpaired) electrons. The van der Waals surface area contributed by atoms with Gasteiger partial charge in [-0.3, -0.25) is 14.4 Å². The Morgan fingerprint density at radius 2 is 1.67 bits per heavy atom. The van der Waals surface area contributed by atoms with Crippen molar-refractivity contribution in [2.45, 2.75) is 34.1 Å². The van der Waals surface area contributed by atoms with Crippen molar-refractivity contribution in [3.05, 3.63) is 29.3 Å². The van der Waals surface area contributed by atoms with Gasteiger partial charge < -0.3 is 14.7 Å². The Balaban J connectivity index is 1.63. The number of carbonyl (C=O) groups excluding carboxylic acids is 3. The first kappa shape index (κ1) is 19.4. The lowest BCUT2D eigenvalue weighted by Gasteiger charge is -2.36. The van der Waals surface area contributed by atoms with Gasteiger partial charge in [-0.15, -0.1) is 0 Å². The first-order valence-electron chi connectivity index (χ1n) is 9.73. The summed E-state index contributed by atoms with van der Waals surface area (Å²) in [5, 5.41) is 0. The van der Waals surface area contributed by atoms with E-state index in [9.17, 15) is 14.4 Å². The van der Waals surface area contributed by atoms with Crippen LogP contribution in [0, 0.1) is 25.7 Å². The minimum absolute atomic E-state index is 0.00988. The highest BCUT2D eigenvalue weighted by Gasteiger charge is 2.38. The zero-order valence-electron chi connectivity index (χ0n) is 16.7. The van der Waals surface area contributed by atoms with Crippen molar-refractivity contribution in [2.24, 2.45) is 11.8 Å². The zero-order valence-corrected chi connectivity index (χ0v) is 16.7. The number of anilines is 1. The molecule has 2 fully saturated rings. The maximum absolute atomic E-state index is 12.9. The third-order valence-electron chi connectivity index (χ3n) is 5.74. The van der Waals surface area contributed by atoms with Crippen molar-refractivity contribution in [3.8, 4) is 0 Å². The predicted octanol–water partition coefficient (Wildman–Crippen LogP) is 1.98. The summed E-state index contributed by atoms with van der Waals surface area (Å²) in [6.07, 6.45) is 0.261. The van der Waals surface area contributed by atoms with Crippen LogP contribution in [-0.2, 0) is 14.4 Å². The molecule has 2 saturated heterocycles. The number of nitrogens with zero attached hydrogens (tertiary/aromatic N) is 3. The van der Waals surface area contributed by atoms with Crippen LogP contribution in [0.3, 0.4) is 0 Å². The fourth-order valence-electron chi connectivity index (χ4n) is 3.90. The average molecular weight is 371 g/mol. The van der Waals surface area contributed by atoms with Gasteiger partial charge in [0.25, 0.3) is 0 Å². The molecule has 3 amide bonds. The summed E-state index contributed by atoms with van der Waals surface area (Å²) < 4.78 is 0. The van der Waals surface area contributed by atoms with Gasteiger partial charge in [-0.05, 0) is 31.0 Å². The molecule has 6 nitrogen and oxygen atoms in total. The highest BCUT2D eigenvalue weighted by Crippen LogP contribution is 2.30. The largest absolute Gasteiger partial charge is 0.339 e. The van der Waals surface area contributed by atoms with Gasteiger partial charge in [0, 0.05) is 50.7 Å². The molecule has 0 aliphatic carbocycles. The predicted molar refractivity (Wildman–Crippen MR) is 104 cm³/mol. The van der Waals surface area contributed by atoms with Gasteiger partial charge in [0.15, 0.2) is 0 Å². The summed E-state index contributed by atoms with van der Waals surface area (Å²) in [4.78, 5) is 43.0. The maximum atomic E-state index is 12.9. The van der Waals surface area contributed by atoms with Gasteiger partial charge in [-0.25, -0.2) is 0 Å². The molecule has 2 aliphatic rings. The van der Waals surface area contributed by atoms with E-state index in [1.54, 1.807) is 4.90 Å². The quantitative estimate of drug-likeness (QED) is 0.816. The van der Waals surface area contributed by atoms with Crippen molar-refractivity contribution in [1.29, 1.82) is 0 Å². The van der Waals surface area contributed by atoms with Gasteiger partial charge in [0.2, 0.25) is 17.7 Å². The Morgan fingerprint density at radius 1 is 1.04 bits per heavy atom. The van der Waals surface area contributed by atoms with Crippen molar-refractivity contribution in [1.82, 2.24) is 9.80 Å². The molecule has 0 saturated carbocycles. The third-order valence-corrected chi connectivity index (χ3v) is 5.74. The summed E-state index contributed by atoms with van der Waals surface area (Å²) in [5.41, 5.74) is 3.13. The molecule has 1 atom stereocenters. The normalized spacial score (nSPS) is 20.6. The molecular weight excluding hydrogens is 342 g/mol. The van der Waals surface area contributed by atoms with E-state index in [-0.39, 0.29) is 36.0 Å². The number of benzene rings is 1. The molecule has 0 aromatic heterocycles. The highest BCUT2D eigenvalue weighted by molar-refractivity contribution is 6.01. The molecule has 6 heteroatoms. The van der Waals surface area contributed by atoms with Crippen LogP contribution >= 0.6 is 0 Å². The van der Waals surface area contributed by atoms with Gasteiger partial charge in [-0.1, -0.05) is 26.0 Å². The Morgan fingerprint density at radius 3 is 2.30 bits per heavy atom. The maximum Gasteiger partial charge on any atom is 0.228 e. The monoisotopic (exact) mass is 371 g/mol. The zero-order chi connectivity index (χ0) is 19.7. The van der Waals surface area contributed by atoms with Crippen LogP contribution < -0.4 is 4.90 Å². The summed E-state index contributed by atoms with van der Waals surface area (Å²) in [7, 11) is 0. The van der Waals surface area contributed by atoms with Crippen LogP contribution in [0.5, 0.6) is 0 Å². The summed E-state index contributed by atoms with van der Waals surface area (Å²) in [5.74, 6) is -0.140. The Bertz CT molecular complexity index is 751. The van der Waals surface area contributed by atoms with E-state index >= 15 is 0 Å². The molecule has 0 N–H and O–H groups in total. The van der Waals surface area contributed by atoms with Gasteiger partial charge in [0.1, 0.15) is 0 Å². The van der Waals surface area contributed by atoms with Crippen LogP contribution in [0.15, 0.2) is 18.2 Å². The minimum Gasteiger partial charge on any atom is -0.339 e. The van der Waals surface area contributed by atoms with E-state index in [0.717, 1.165) is 16.8 Å². The second-order valence-corrected chi connectivity index (χ2v) is 7.93. The van der Waals surface area contributed by atoms with Crippen molar-refractivity contribution < 1.29 is 14.4 Å². The van der Waals surface area contributed by atoms with Gasteiger partial charge >= 0.3 is 0 Å². The van der Waals surface area contributed by atoms with Crippen LogP contribution in [0.1, 0.15) is 31.4 Å². The van der Waals surface area contributed by atoms with E-state index in [1.165, 1.54) is 0 Å². The Kier molecular flexibility index (Phi) is 5.53. The topological polar surface area (TPSA) is 60.9 Å². The molecular formula is C21H29N3O3. The Hall–Kier alpha value is -2.37. The summed E-state index contributed by atoms with van der Waals surface area (Å²) in [6, 6.07) is 5.92. The van der Waals surface area contributed by atoms with Crippen LogP contribution in [0.4, 0.5) is 5.69 Å². The fraction of sp³-hybridized carbons (Fsp3) is 0.571. The van der Waals surface area contributed by atoms with Crippen LogP contribution in [-0.4, -0.2) is 60.2 Å². The number of aryl methyl sites for hydroxylation is 1. The molecule has 2 aliphatic heterocycles. The van der Waals surface area contributed by atoms with Gasteiger partial charge in [0.05, 0.1) is 5.92 Å². The first-order chi connectivity index (χ1) is 12.8. The number of rotatable bonds is 3. The van der Waals surface area contributed by atoms with E-state index in [2.05, 4.69) is 0 Å². The van der Waals surface area contributed by atoms with E-state index in [0.29, 0.717) is 32.7 Å². The first-order valence-corrected chi connectivity index (χ1v) is 9.73. The van der Waals surface area contributed by atoms with Crippen LogP contribution in [0.25, 0.3) is 0 Å². The molecule has 0 unspecified atom stereocenters. The van der Waals surface area contributed by atoms with Crippen molar-refractivity contribution >= 4 is 23.4 Å². The lowest BCUT2D eigenvalue weighted by atomic mass is 10.1. The molecule has 2 heterocycles. The van der Waals surface area contributed by atoms with Crippen molar-refractivity contribution in [3.63, 3.8) is 0 Å². The fourth-order valence-corrected chi connectivity index (χ4v) is 3.90. The molecule has 146 valence electrons. The number of carbonyl (C=O) groups is 3. The minimum atomic E-state index is -0.301. The molecule has 1 aromatic rings. The lowest BCUT2D eigenvalue weighted by molar-refractivity contribution is -0.143. The van der Waals surface area contributed by atoms with E-state index < -0.39 is 0 Å². The number of hydrogen-bond donors (Lipinski definition) is 0. The number of amides is 3. The second-order valence-electron chi connectivity index (χ2n) is 7.93. The second kappa shape index (κ2) is 7.71. The summed E-state index contributed by atoms with van der Waals surface area (Å²) in [6.45, 7) is 10.5. The Labute approximate surface area is 161 Å². The average Bonchev–Trinajstić information content (AvgIpc) is 3.04. The van der Waals surface area contributed by atoms with E-state index in [1.807, 2.05) is 55.7 Å². The number of hydrogen-bond acceptors (Lipinski definition) is 3. The summed E-state index contributed by atoms with van der Waals surface area (Å²) >= 11 is 0. The smallest absolute Gasteiger partial charge is 0.228 e. The van der Waals surface area contributed by atoms with E-state index in [4.69, 9.17) is 0 Å². The van der Waals surface area contributed by atoms with Crippen LogP contribution in [0.2, 0.25) is 0 Å². The molecule has 0 bridgehead atoms. The number of piperazine rings is 1. The molecule has 0 spiro atoms. The van der Waals surface area contributed by atoms with Gasteiger partial charge in [-0.2, -0.15) is 0 Å². The third kappa shape index (κ3) is 3.84. The van der Waals surface area contributed by atoms with Crippen molar-refractivity contribution in [2.75, 3.05) is 37.6 Å². The lowest BCUT2D eigenvalue weighted by Crippen LogP contribution is -2.53. The standard InChI is InChI=1S/C21H29N3O3/c1-14(2)20(26)22-8-10-23(11-9-22)21(27)17-12-19(25)24(13-17)18-7-5-6-15(3)16(18)4/h5-7,14,17H,8-13H2,1-4H3/t17-/m1/s1. The molecule has 27 heavy (non-hydrogen) atoms. The highest BCUT2D eigenvalue weighted by atomic mass is 16.2. The molecule has 3 rings (SSSR count). The molecule has 1 aromatic carbocycles. The SMILES string of the molecule is Cc1cccc(N2C[C@H](C(=O)N3CCN(C(=O)C(C)C)CC3)CC2=O)c1C.